The number of aromatic nitrogens is 2. The number of hydrogen-bond acceptors (Lipinski definition) is 3. The van der Waals surface area contributed by atoms with Crippen molar-refractivity contribution in [2.45, 2.75) is 39.5 Å². The Morgan fingerprint density at radius 3 is 2.40 bits per heavy atom. The summed E-state index contributed by atoms with van der Waals surface area (Å²) >= 11 is 0. The molecule has 1 aromatic heterocycles. The molecule has 112 valence electrons. The van der Waals surface area contributed by atoms with Gasteiger partial charge in [0.25, 0.3) is 5.91 Å². The van der Waals surface area contributed by atoms with Crippen molar-refractivity contribution in [3.05, 3.63) is 17.5 Å². The van der Waals surface area contributed by atoms with E-state index in [1.807, 2.05) is 27.7 Å². The SMILES string of the molecule is CCCN(CC(=O)O)C(=O)c1cc(C(C)(C)C)nn1C. The van der Waals surface area contributed by atoms with Gasteiger partial charge in [0.2, 0.25) is 0 Å². The summed E-state index contributed by atoms with van der Waals surface area (Å²) in [5.74, 6) is -1.30. The van der Waals surface area contributed by atoms with E-state index in [1.54, 1.807) is 13.1 Å². The van der Waals surface area contributed by atoms with E-state index in [9.17, 15) is 9.59 Å². The maximum atomic E-state index is 12.4. The van der Waals surface area contributed by atoms with Gasteiger partial charge in [0.1, 0.15) is 12.2 Å². The summed E-state index contributed by atoms with van der Waals surface area (Å²) in [5.41, 5.74) is 1.08. The number of rotatable bonds is 5. The van der Waals surface area contributed by atoms with Crippen molar-refractivity contribution in [1.29, 1.82) is 0 Å². The minimum absolute atomic E-state index is 0.154. The maximum absolute atomic E-state index is 12.4. The number of carboxylic acid groups (broad SMARTS) is 1. The van der Waals surface area contributed by atoms with Gasteiger partial charge in [0.15, 0.2) is 0 Å². The van der Waals surface area contributed by atoms with Crippen molar-refractivity contribution in [2.24, 2.45) is 7.05 Å². The first-order valence-corrected chi connectivity index (χ1v) is 6.72. The molecule has 0 bridgehead atoms. The number of amides is 1. The minimum atomic E-state index is -1.01. The molecule has 0 aromatic carbocycles. The number of aryl methyl sites for hydroxylation is 1. The Balaban J connectivity index is 3.06. The number of carboxylic acids is 1. The standard InChI is InChI=1S/C14H23N3O3/c1-6-7-17(9-12(18)19)13(20)10-8-11(14(2,3)4)15-16(10)5/h8H,6-7,9H2,1-5H3,(H,18,19). The van der Waals surface area contributed by atoms with Gasteiger partial charge in [-0.25, -0.2) is 0 Å². The molecule has 0 aliphatic heterocycles. The van der Waals surface area contributed by atoms with Crippen molar-refractivity contribution >= 4 is 11.9 Å². The Morgan fingerprint density at radius 2 is 2.00 bits per heavy atom. The lowest BCUT2D eigenvalue weighted by molar-refractivity contribution is -0.137. The highest BCUT2D eigenvalue weighted by Crippen LogP contribution is 2.22. The quantitative estimate of drug-likeness (QED) is 0.890. The van der Waals surface area contributed by atoms with E-state index in [1.165, 1.54) is 9.58 Å². The van der Waals surface area contributed by atoms with Crippen LogP contribution in [-0.4, -0.2) is 44.8 Å². The van der Waals surface area contributed by atoms with Crippen LogP contribution in [0.5, 0.6) is 0 Å². The van der Waals surface area contributed by atoms with E-state index < -0.39 is 5.97 Å². The van der Waals surface area contributed by atoms with Crippen molar-refractivity contribution in [2.75, 3.05) is 13.1 Å². The van der Waals surface area contributed by atoms with Crippen molar-refractivity contribution in [3.8, 4) is 0 Å². The number of hydrogen-bond donors (Lipinski definition) is 1. The average molecular weight is 281 g/mol. The van der Waals surface area contributed by atoms with Crippen LogP contribution in [0.25, 0.3) is 0 Å². The van der Waals surface area contributed by atoms with Crippen LogP contribution in [0.1, 0.15) is 50.3 Å². The molecule has 6 heteroatoms. The summed E-state index contributed by atoms with van der Waals surface area (Å²) < 4.78 is 1.52. The third kappa shape index (κ3) is 3.82. The topological polar surface area (TPSA) is 75.4 Å². The highest BCUT2D eigenvalue weighted by Gasteiger charge is 2.25. The molecule has 0 spiro atoms. The second-order valence-electron chi connectivity index (χ2n) is 5.91. The second kappa shape index (κ2) is 6.07. The monoisotopic (exact) mass is 281 g/mol. The van der Waals surface area contributed by atoms with Crippen molar-refractivity contribution in [3.63, 3.8) is 0 Å². The van der Waals surface area contributed by atoms with Gasteiger partial charge in [-0.2, -0.15) is 5.10 Å². The molecule has 1 heterocycles. The van der Waals surface area contributed by atoms with Gasteiger partial charge >= 0.3 is 5.97 Å². The predicted molar refractivity (Wildman–Crippen MR) is 75.7 cm³/mol. The molecule has 1 N–H and O–H groups in total. The lowest BCUT2D eigenvalue weighted by Crippen LogP contribution is -2.37. The molecule has 0 radical (unpaired) electrons. The van der Waals surface area contributed by atoms with E-state index in [2.05, 4.69) is 5.10 Å². The van der Waals surface area contributed by atoms with Crippen LogP contribution >= 0.6 is 0 Å². The number of carbonyl (C=O) groups excluding carboxylic acids is 1. The van der Waals surface area contributed by atoms with E-state index in [0.717, 1.165) is 5.69 Å². The van der Waals surface area contributed by atoms with Gasteiger partial charge < -0.3 is 10.0 Å². The van der Waals surface area contributed by atoms with Gasteiger partial charge in [-0.05, 0) is 12.5 Å². The lowest BCUT2D eigenvalue weighted by Gasteiger charge is -2.19. The van der Waals surface area contributed by atoms with Gasteiger partial charge in [-0.1, -0.05) is 27.7 Å². The van der Waals surface area contributed by atoms with Crippen LogP contribution in [0.3, 0.4) is 0 Å². The average Bonchev–Trinajstić information content (AvgIpc) is 2.69. The summed E-state index contributed by atoms with van der Waals surface area (Å²) in [6.07, 6.45) is 0.711. The Morgan fingerprint density at radius 1 is 1.40 bits per heavy atom. The molecule has 0 atom stereocenters. The highest BCUT2D eigenvalue weighted by atomic mass is 16.4. The molecule has 0 aliphatic carbocycles. The van der Waals surface area contributed by atoms with E-state index in [0.29, 0.717) is 18.7 Å². The molecule has 0 fully saturated rings. The molecule has 0 saturated carbocycles. The summed E-state index contributed by atoms with van der Waals surface area (Å²) in [5, 5.41) is 13.2. The normalized spacial score (nSPS) is 11.4. The summed E-state index contributed by atoms with van der Waals surface area (Å²) in [7, 11) is 1.70. The molecule has 0 saturated heterocycles. The Hall–Kier alpha value is -1.85. The van der Waals surface area contributed by atoms with Gasteiger partial charge in [-0.3, -0.25) is 14.3 Å². The molecule has 1 amide bonds. The van der Waals surface area contributed by atoms with Crippen LogP contribution < -0.4 is 0 Å². The second-order valence-corrected chi connectivity index (χ2v) is 5.91. The fourth-order valence-electron chi connectivity index (χ4n) is 1.88. The Kier molecular flexibility index (Phi) is 4.92. The molecule has 6 nitrogen and oxygen atoms in total. The van der Waals surface area contributed by atoms with Crippen LogP contribution in [0.2, 0.25) is 0 Å². The van der Waals surface area contributed by atoms with E-state index in [-0.39, 0.29) is 17.9 Å². The smallest absolute Gasteiger partial charge is 0.323 e. The molecule has 0 aliphatic rings. The summed E-state index contributed by atoms with van der Waals surface area (Å²) in [4.78, 5) is 24.6. The van der Waals surface area contributed by atoms with E-state index >= 15 is 0 Å². The van der Waals surface area contributed by atoms with Crippen LogP contribution in [0, 0.1) is 0 Å². The molecule has 20 heavy (non-hydrogen) atoms. The zero-order valence-electron chi connectivity index (χ0n) is 12.8. The third-order valence-corrected chi connectivity index (χ3v) is 2.97. The summed E-state index contributed by atoms with van der Waals surface area (Å²) in [6, 6.07) is 1.74. The lowest BCUT2D eigenvalue weighted by atomic mass is 9.92. The zero-order valence-corrected chi connectivity index (χ0v) is 12.8. The number of nitrogens with zero attached hydrogens (tertiary/aromatic N) is 3. The van der Waals surface area contributed by atoms with Crippen molar-refractivity contribution in [1.82, 2.24) is 14.7 Å². The summed E-state index contributed by atoms with van der Waals surface area (Å²) in [6.45, 7) is 8.09. The molecule has 1 rings (SSSR count). The first kappa shape index (κ1) is 16.2. The molecular weight excluding hydrogens is 258 g/mol. The highest BCUT2D eigenvalue weighted by molar-refractivity contribution is 5.94. The maximum Gasteiger partial charge on any atom is 0.323 e. The molecule has 1 aromatic rings. The molecule has 0 unspecified atom stereocenters. The van der Waals surface area contributed by atoms with Gasteiger partial charge in [-0.15, -0.1) is 0 Å². The zero-order chi connectivity index (χ0) is 15.5. The predicted octanol–water partition coefficient (Wildman–Crippen LogP) is 1.65. The van der Waals surface area contributed by atoms with Crippen LogP contribution in [0.4, 0.5) is 0 Å². The number of aliphatic carboxylic acids is 1. The largest absolute Gasteiger partial charge is 0.480 e. The van der Waals surface area contributed by atoms with Crippen LogP contribution in [0.15, 0.2) is 6.07 Å². The Labute approximate surface area is 119 Å². The minimum Gasteiger partial charge on any atom is -0.480 e. The Bertz CT molecular complexity index is 500. The fourth-order valence-corrected chi connectivity index (χ4v) is 1.88. The van der Waals surface area contributed by atoms with E-state index in [4.69, 9.17) is 5.11 Å². The first-order chi connectivity index (χ1) is 9.16. The van der Waals surface area contributed by atoms with Crippen molar-refractivity contribution < 1.29 is 14.7 Å². The fraction of sp³-hybridized carbons (Fsp3) is 0.643. The van der Waals surface area contributed by atoms with Gasteiger partial charge in [0, 0.05) is 19.0 Å². The first-order valence-electron chi connectivity index (χ1n) is 6.72. The third-order valence-electron chi connectivity index (χ3n) is 2.97. The molecular formula is C14H23N3O3. The number of carbonyl (C=O) groups is 2. The van der Waals surface area contributed by atoms with Gasteiger partial charge in [0.05, 0.1) is 5.69 Å². The van der Waals surface area contributed by atoms with Crippen LogP contribution in [-0.2, 0) is 17.3 Å².